The van der Waals surface area contributed by atoms with Crippen LogP contribution in [-0.4, -0.2) is 11.9 Å². The van der Waals surface area contributed by atoms with Gasteiger partial charge >= 0.3 is 0 Å². The zero-order valence-electron chi connectivity index (χ0n) is 34.5. The summed E-state index contributed by atoms with van der Waals surface area (Å²) in [6.45, 7) is 4.69. The van der Waals surface area contributed by atoms with E-state index in [0.717, 1.165) is 72.6 Å². The van der Waals surface area contributed by atoms with Crippen molar-refractivity contribution in [1.82, 2.24) is 0 Å². The van der Waals surface area contributed by atoms with E-state index in [2.05, 4.69) is 207 Å². The van der Waals surface area contributed by atoms with Gasteiger partial charge in [-0.25, -0.2) is 4.99 Å². The van der Waals surface area contributed by atoms with Crippen LogP contribution >= 0.6 is 0 Å². The summed E-state index contributed by atoms with van der Waals surface area (Å²) in [5, 5.41) is 2.23. The van der Waals surface area contributed by atoms with Crippen LogP contribution < -0.4 is 4.90 Å². The van der Waals surface area contributed by atoms with Crippen molar-refractivity contribution in [3.05, 3.63) is 228 Å². The summed E-state index contributed by atoms with van der Waals surface area (Å²) < 4.78 is 13.3. The highest BCUT2D eigenvalue weighted by molar-refractivity contribution is 6.13. The van der Waals surface area contributed by atoms with E-state index >= 15 is 0 Å². The number of furan rings is 1. The molecule has 1 unspecified atom stereocenters. The van der Waals surface area contributed by atoms with Gasteiger partial charge in [0, 0.05) is 56.4 Å². The van der Waals surface area contributed by atoms with Gasteiger partial charge in [0.1, 0.15) is 23.0 Å². The zero-order valence-corrected chi connectivity index (χ0v) is 34.5. The summed E-state index contributed by atoms with van der Waals surface area (Å²) in [5.41, 5.74) is 18.1. The molecule has 1 aromatic heterocycles. The summed E-state index contributed by atoms with van der Waals surface area (Å²) in [7, 11) is 0. The Kier molecular flexibility index (Phi) is 8.30. The van der Waals surface area contributed by atoms with E-state index in [1.54, 1.807) is 0 Å². The third kappa shape index (κ3) is 5.86. The molecule has 0 saturated carbocycles. The molecule has 12 rings (SSSR count). The highest BCUT2D eigenvalue weighted by Crippen LogP contribution is 2.51. The first kappa shape index (κ1) is 36.2. The smallest absolute Gasteiger partial charge is 0.222 e. The van der Waals surface area contributed by atoms with Crippen molar-refractivity contribution in [3.63, 3.8) is 0 Å². The van der Waals surface area contributed by atoms with Crippen LogP contribution in [0.15, 0.2) is 221 Å². The van der Waals surface area contributed by atoms with Crippen LogP contribution in [0.25, 0.3) is 66.4 Å². The van der Waals surface area contributed by atoms with Gasteiger partial charge in [-0.1, -0.05) is 166 Å². The Hall–Kier alpha value is -7.69. The maximum atomic E-state index is 6.81. The van der Waals surface area contributed by atoms with Crippen molar-refractivity contribution < 1.29 is 9.15 Å². The Morgan fingerprint density at radius 2 is 1.03 bits per heavy atom. The van der Waals surface area contributed by atoms with Crippen LogP contribution in [0.2, 0.25) is 0 Å². The number of hydrogen-bond acceptors (Lipinski definition) is 4. The average Bonchev–Trinajstić information content (AvgIpc) is 4.00. The quantitative estimate of drug-likeness (QED) is 0.161. The lowest BCUT2D eigenvalue weighted by atomic mass is 9.82. The second-order valence-corrected chi connectivity index (χ2v) is 17.0. The Balaban J connectivity index is 0.917. The van der Waals surface area contributed by atoms with Crippen molar-refractivity contribution in [2.75, 3.05) is 4.90 Å². The predicted octanol–water partition coefficient (Wildman–Crippen LogP) is 15.0. The molecule has 62 heavy (non-hydrogen) atoms. The number of para-hydroxylation sites is 2. The fourth-order valence-corrected chi connectivity index (χ4v) is 9.88. The van der Waals surface area contributed by atoms with Crippen molar-refractivity contribution in [3.8, 4) is 44.5 Å². The molecule has 9 aromatic rings. The van der Waals surface area contributed by atoms with E-state index in [4.69, 9.17) is 14.1 Å². The Morgan fingerprint density at radius 3 is 1.74 bits per heavy atom. The third-order valence-corrected chi connectivity index (χ3v) is 13.1. The molecule has 296 valence electrons. The third-order valence-electron chi connectivity index (χ3n) is 13.1. The zero-order chi connectivity index (χ0) is 41.4. The van der Waals surface area contributed by atoms with E-state index in [1.807, 2.05) is 12.1 Å². The van der Waals surface area contributed by atoms with Gasteiger partial charge in [0.25, 0.3) is 0 Å². The lowest BCUT2D eigenvalue weighted by molar-refractivity contribution is 0.411. The standard InChI is InChI=1S/C58H42N2O2/c1-58(2)51-22-10-9-17-47(51)48-33-31-43(35-52(48)58)60(44-32-34-54-53(36-44)59-57(61-54)41-25-23-38(24-26-41)37-13-5-3-6-14-37)42-29-27-40(28-30-42)46-19-12-21-50-49-20-11-18-45(55(49)62-56(46)50)39-15-7-4-8-16-39/h3-35,53H,36H2,1-2H3. The minimum absolute atomic E-state index is 0.123. The molecule has 0 saturated heterocycles. The minimum atomic E-state index is -0.133. The number of allylic oxidation sites excluding steroid dienone is 2. The molecule has 0 amide bonds. The Bertz CT molecular complexity index is 3300. The predicted molar refractivity (Wildman–Crippen MR) is 255 cm³/mol. The van der Waals surface area contributed by atoms with Crippen molar-refractivity contribution in [2.45, 2.75) is 31.7 Å². The van der Waals surface area contributed by atoms with Gasteiger partial charge in [0.15, 0.2) is 0 Å². The topological polar surface area (TPSA) is 38.0 Å². The molecule has 1 aliphatic heterocycles. The number of anilines is 2. The number of ether oxygens (including phenoxy) is 1. The molecule has 2 heterocycles. The molecule has 0 N–H and O–H groups in total. The number of nitrogens with zero attached hydrogens (tertiary/aromatic N) is 2. The van der Waals surface area contributed by atoms with Crippen LogP contribution in [0.3, 0.4) is 0 Å². The van der Waals surface area contributed by atoms with E-state index < -0.39 is 0 Å². The van der Waals surface area contributed by atoms with Gasteiger partial charge in [0.2, 0.25) is 5.90 Å². The molecular formula is C58H42N2O2. The fraction of sp³-hybridized carbons (Fsp3) is 0.0862. The average molecular weight is 799 g/mol. The number of hydrogen-bond donors (Lipinski definition) is 0. The van der Waals surface area contributed by atoms with E-state index in [0.29, 0.717) is 12.3 Å². The molecule has 8 aromatic carbocycles. The highest BCUT2D eigenvalue weighted by atomic mass is 16.5. The monoisotopic (exact) mass is 798 g/mol. The summed E-state index contributed by atoms with van der Waals surface area (Å²) in [6.07, 6.45) is 5.02. The number of benzene rings is 8. The lowest BCUT2D eigenvalue weighted by Gasteiger charge is -2.32. The maximum Gasteiger partial charge on any atom is 0.222 e. The van der Waals surface area contributed by atoms with Crippen molar-refractivity contribution >= 4 is 39.2 Å². The molecular weight excluding hydrogens is 757 g/mol. The largest absolute Gasteiger partial charge is 0.455 e. The van der Waals surface area contributed by atoms with Crippen molar-refractivity contribution in [1.29, 1.82) is 0 Å². The molecule has 1 atom stereocenters. The second-order valence-electron chi connectivity index (χ2n) is 17.0. The Labute approximate surface area is 361 Å². The molecule has 3 aliphatic rings. The molecule has 4 nitrogen and oxygen atoms in total. The highest BCUT2D eigenvalue weighted by Gasteiger charge is 2.37. The molecule has 4 heteroatoms. The number of rotatable bonds is 7. The number of fused-ring (bicyclic) bond motifs is 7. The van der Waals surface area contributed by atoms with Crippen LogP contribution in [0, 0.1) is 0 Å². The van der Waals surface area contributed by atoms with E-state index in [9.17, 15) is 0 Å². The Morgan fingerprint density at radius 1 is 0.484 bits per heavy atom. The minimum Gasteiger partial charge on any atom is -0.455 e. The first-order valence-electron chi connectivity index (χ1n) is 21.4. The summed E-state index contributed by atoms with van der Waals surface area (Å²) >= 11 is 0. The van der Waals surface area contributed by atoms with Crippen LogP contribution in [-0.2, 0) is 10.2 Å². The van der Waals surface area contributed by atoms with Crippen molar-refractivity contribution in [2.24, 2.45) is 4.99 Å². The van der Waals surface area contributed by atoms with Crippen LogP contribution in [0.4, 0.5) is 11.4 Å². The van der Waals surface area contributed by atoms with Crippen LogP contribution in [0.5, 0.6) is 0 Å². The first-order chi connectivity index (χ1) is 30.5. The van der Waals surface area contributed by atoms with Gasteiger partial charge in [-0.3, -0.25) is 0 Å². The van der Waals surface area contributed by atoms with Crippen LogP contribution in [0.1, 0.15) is 37.0 Å². The van der Waals surface area contributed by atoms with Gasteiger partial charge in [-0.2, -0.15) is 0 Å². The molecule has 0 bridgehead atoms. The fourth-order valence-electron chi connectivity index (χ4n) is 9.88. The van der Waals surface area contributed by atoms with E-state index in [1.165, 1.54) is 33.4 Å². The first-order valence-corrected chi connectivity index (χ1v) is 21.4. The SMILES string of the molecule is CC1(C)c2ccccc2-c2ccc(N(C3=CC=C4OC(c5ccc(-c6ccccc6)cc5)=NC4C3)c3ccc(-c4cccc5c4oc4c(-c6ccccc6)cccc45)cc3)cc21. The van der Waals surface area contributed by atoms with Gasteiger partial charge in [0.05, 0.1) is 0 Å². The summed E-state index contributed by atoms with van der Waals surface area (Å²) in [4.78, 5) is 7.59. The summed E-state index contributed by atoms with van der Waals surface area (Å²) in [5.74, 6) is 1.55. The maximum absolute atomic E-state index is 6.81. The van der Waals surface area contributed by atoms with Gasteiger partial charge in [-0.15, -0.1) is 0 Å². The van der Waals surface area contributed by atoms with Gasteiger partial charge in [-0.05, 0) is 93.1 Å². The number of aliphatic imine (C=N–C) groups is 1. The molecule has 0 radical (unpaired) electrons. The van der Waals surface area contributed by atoms with E-state index in [-0.39, 0.29) is 11.5 Å². The molecule has 0 spiro atoms. The lowest BCUT2D eigenvalue weighted by Crippen LogP contribution is -2.23. The van der Waals surface area contributed by atoms with Gasteiger partial charge < -0.3 is 14.1 Å². The molecule has 2 aliphatic carbocycles. The summed E-state index contributed by atoms with van der Waals surface area (Å²) in [6, 6.07) is 67.0. The second kappa shape index (κ2) is 14.2. The molecule has 0 fully saturated rings. The normalized spacial score (nSPS) is 15.9.